The molecule has 7 heteroatoms. The van der Waals surface area contributed by atoms with Crippen LogP contribution in [0.1, 0.15) is 30.3 Å². The van der Waals surface area contributed by atoms with Gasteiger partial charge in [-0.2, -0.15) is 0 Å². The van der Waals surface area contributed by atoms with Crippen LogP contribution in [0, 0.1) is 5.82 Å². The molecule has 0 saturated carbocycles. The van der Waals surface area contributed by atoms with Crippen molar-refractivity contribution in [2.24, 2.45) is 0 Å². The molecule has 1 unspecified atom stereocenters. The normalized spacial score (nSPS) is 11.8. The number of aromatic nitrogens is 2. The van der Waals surface area contributed by atoms with E-state index >= 15 is 0 Å². The summed E-state index contributed by atoms with van der Waals surface area (Å²) in [6.45, 7) is 0.0935. The number of hydrogen-bond acceptors (Lipinski definition) is 4. The van der Waals surface area contributed by atoms with Gasteiger partial charge in [0.2, 0.25) is 5.91 Å². The maximum absolute atomic E-state index is 13.9. The SMILES string of the molecule is O=C(CCCc1nc2ccccc2c(=O)[nH]1)NC(COc1ccccc1F)c1ccccc1. The summed E-state index contributed by atoms with van der Waals surface area (Å²) >= 11 is 0. The fourth-order valence-electron chi connectivity index (χ4n) is 3.58. The highest BCUT2D eigenvalue weighted by atomic mass is 19.1. The fourth-order valence-corrected chi connectivity index (χ4v) is 3.58. The molecule has 0 aliphatic rings. The number of ether oxygens (including phenoxy) is 1. The number of H-pyrrole nitrogens is 1. The molecule has 0 fully saturated rings. The molecule has 1 atom stereocenters. The van der Waals surface area contributed by atoms with Crippen molar-refractivity contribution >= 4 is 16.8 Å². The fraction of sp³-hybridized carbons (Fsp3) is 0.192. The first-order chi connectivity index (χ1) is 16.1. The van der Waals surface area contributed by atoms with E-state index in [2.05, 4.69) is 15.3 Å². The van der Waals surface area contributed by atoms with Crippen LogP contribution in [0.3, 0.4) is 0 Å². The minimum Gasteiger partial charge on any atom is -0.488 e. The zero-order chi connectivity index (χ0) is 23.0. The van der Waals surface area contributed by atoms with E-state index in [0.717, 1.165) is 5.56 Å². The lowest BCUT2D eigenvalue weighted by Crippen LogP contribution is -2.32. The molecule has 4 rings (SSSR count). The third-order valence-corrected chi connectivity index (χ3v) is 5.26. The summed E-state index contributed by atoms with van der Waals surface area (Å²) in [5.41, 5.74) is 1.31. The number of carbonyl (C=O) groups is 1. The van der Waals surface area contributed by atoms with Gasteiger partial charge in [-0.15, -0.1) is 0 Å². The maximum Gasteiger partial charge on any atom is 0.258 e. The molecule has 1 aromatic heterocycles. The quantitative estimate of drug-likeness (QED) is 0.402. The number of halogens is 1. The number of hydrogen-bond donors (Lipinski definition) is 2. The Morgan fingerprint density at radius 3 is 2.55 bits per heavy atom. The van der Waals surface area contributed by atoms with E-state index in [4.69, 9.17) is 4.74 Å². The predicted molar refractivity (Wildman–Crippen MR) is 125 cm³/mol. The summed E-state index contributed by atoms with van der Waals surface area (Å²) in [4.78, 5) is 32.1. The van der Waals surface area contributed by atoms with Crippen molar-refractivity contribution in [2.45, 2.75) is 25.3 Å². The van der Waals surface area contributed by atoms with Crippen LogP contribution in [-0.2, 0) is 11.2 Å². The van der Waals surface area contributed by atoms with Gasteiger partial charge in [0.05, 0.1) is 16.9 Å². The topological polar surface area (TPSA) is 84.1 Å². The molecule has 0 radical (unpaired) electrons. The molecule has 6 nitrogen and oxygen atoms in total. The third-order valence-electron chi connectivity index (χ3n) is 5.26. The summed E-state index contributed by atoms with van der Waals surface area (Å²) in [7, 11) is 0. The molecule has 0 spiro atoms. The number of aryl methyl sites for hydroxylation is 1. The summed E-state index contributed by atoms with van der Waals surface area (Å²) in [5.74, 6) is 0.0737. The molecular formula is C26H24FN3O3. The van der Waals surface area contributed by atoms with E-state index < -0.39 is 11.9 Å². The van der Waals surface area contributed by atoms with Gasteiger partial charge in [0.25, 0.3) is 5.56 Å². The van der Waals surface area contributed by atoms with Gasteiger partial charge in [-0.3, -0.25) is 9.59 Å². The third kappa shape index (κ3) is 5.83. The molecule has 1 heterocycles. The lowest BCUT2D eigenvalue weighted by Gasteiger charge is -2.20. The average Bonchev–Trinajstić information content (AvgIpc) is 2.83. The number of nitrogens with zero attached hydrogens (tertiary/aromatic N) is 1. The zero-order valence-corrected chi connectivity index (χ0v) is 18.0. The van der Waals surface area contributed by atoms with Crippen molar-refractivity contribution in [1.29, 1.82) is 0 Å². The van der Waals surface area contributed by atoms with Crippen molar-refractivity contribution in [3.63, 3.8) is 0 Å². The monoisotopic (exact) mass is 445 g/mol. The van der Waals surface area contributed by atoms with Gasteiger partial charge in [0.1, 0.15) is 12.4 Å². The van der Waals surface area contributed by atoms with Crippen LogP contribution in [0.4, 0.5) is 4.39 Å². The van der Waals surface area contributed by atoms with Crippen molar-refractivity contribution in [1.82, 2.24) is 15.3 Å². The van der Waals surface area contributed by atoms with Gasteiger partial charge in [0, 0.05) is 12.8 Å². The largest absolute Gasteiger partial charge is 0.488 e. The lowest BCUT2D eigenvalue weighted by atomic mass is 10.1. The molecule has 1 amide bonds. The van der Waals surface area contributed by atoms with Crippen LogP contribution >= 0.6 is 0 Å². The molecule has 0 aliphatic carbocycles. The van der Waals surface area contributed by atoms with Crippen molar-refractivity contribution < 1.29 is 13.9 Å². The number of para-hydroxylation sites is 2. The van der Waals surface area contributed by atoms with Gasteiger partial charge in [-0.05, 0) is 36.2 Å². The summed E-state index contributed by atoms with van der Waals surface area (Å²) in [5, 5.41) is 3.51. The Kier molecular flexibility index (Phi) is 7.09. The van der Waals surface area contributed by atoms with E-state index in [0.29, 0.717) is 29.6 Å². The number of benzene rings is 3. The van der Waals surface area contributed by atoms with E-state index in [-0.39, 0.29) is 30.2 Å². The van der Waals surface area contributed by atoms with Crippen LogP contribution in [0.5, 0.6) is 5.75 Å². The first kappa shape index (κ1) is 22.2. The summed E-state index contributed by atoms with van der Waals surface area (Å²) < 4.78 is 19.6. The minimum atomic E-state index is -0.451. The number of fused-ring (bicyclic) bond motifs is 1. The van der Waals surface area contributed by atoms with Crippen LogP contribution in [0.15, 0.2) is 83.7 Å². The van der Waals surface area contributed by atoms with E-state index in [1.54, 1.807) is 36.4 Å². The number of aromatic amines is 1. The van der Waals surface area contributed by atoms with Gasteiger partial charge >= 0.3 is 0 Å². The van der Waals surface area contributed by atoms with Crippen LogP contribution in [0.25, 0.3) is 10.9 Å². The van der Waals surface area contributed by atoms with Crippen LogP contribution < -0.4 is 15.6 Å². The number of nitrogens with one attached hydrogen (secondary N) is 2. The second-order valence-electron chi connectivity index (χ2n) is 7.66. The molecule has 33 heavy (non-hydrogen) atoms. The van der Waals surface area contributed by atoms with Gasteiger partial charge < -0.3 is 15.0 Å². The van der Waals surface area contributed by atoms with Crippen molar-refractivity contribution in [3.05, 3.63) is 106 Å². The Morgan fingerprint density at radius 2 is 1.73 bits per heavy atom. The second-order valence-corrected chi connectivity index (χ2v) is 7.66. The predicted octanol–water partition coefficient (Wildman–Crippen LogP) is 4.32. The Hall–Kier alpha value is -4.00. The van der Waals surface area contributed by atoms with Crippen molar-refractivity contribution in [2.75, 3.05) is 6.61 Å². The second kappa shape index (κ2) is 10.5. The van der Waals surface area contributed by atoms with Gasteiger partial charge in [0.15, 0.2) is 11.6 Å². The molecule has 2 N–H and O–H groups in total. The minimum absolute atomic E-state index is 0.0935. The first-order valence-electron chi connectivity index (χ1n) is 10.8. The van der Waals surface area contributed by atoms with E-state index in [1.807, 2.05) is 36.4 Å². The Balaban J connectivity index is 1.36. The van der Waals surface area contributed by atoms with E-state index in [9.17, 15) is 14.0 Å². The number of amides is 1. The smallest absolute Gasteiger partial charge is 0.258 e. The first-order valence-corrected chi connectivity index (χ1v) is 10.8. The molecular weight excluding hydrogens is 421 g/mol. The molecule has 3 aromatic carbocycles. The highest BCUT2D eigenvalue weighted by Crippen LogP contribution is 2.19. The Morgan fingerprint density at radius 1 is 1.00 bits per heavy atom. The molecule has 0 bridgehead atoms. The number of rotatable bonds is 9. The van der Waals surface area contributed by atoms with Crippen LogP contribution in [-0.4, -0.2) is 22.5 Å². The van der Waals surface area contributed by atoms with Gasteiger partial charge in [-0.1, -0.05) is 54.6 Å². The standard InChI is InChI=1S/C26H24FN3O3/c27-20-12-5-7-14-23(20)33-17-22(18-9-2-1-3-10-18)29-25(31)16-8-15-24-28-21-13-6-4-11-19(21)26(32)30-24/h1-7,9-14,22H,8,15-17H2,(H,29,31)(H,28,30,32). The summed E-state index contributed by atoms with van der Waals surface area (Å²) in [6, 6.07) is 22.3. The van der Waals surface area contributed by atoms with Gasteiger partial charge in [-0.25, -0.2) is 9.37 Å². The molecule has 0 aliphatic heterocycles. The highest BCUT2D eigenvalue weighted by molar-refractivity contribution is 5.77. The zero-order valence-electron chi connectivity index (χ0n) is 18.0. The average molecular weight is 445 g/mol. The molecule has 0 saturated heterocycles. The molecule has 168 valence electrons. The molecule has 4 aromatic rings. The summed E-state index contributed by atoms with van der Waals surface area (Å²) in [6.07, 6.45) is 1.23. The van der Waals surface area contributed by atoms with Crippen LogP contribution in [0.2, 0.25) is 0 Å². The maximum atomic E-state index is 13.9. The number of carbonyl (C=O) groups excluding carboxylic acids is 1. The van der Waals surface area contributed by atoms with E-state index in [1.165, 1.54) is 6.07 Å². The van der Waals surface area contributed by atoms with Crippen molar-refractivity contribution in [3.8, 4) is 5.75 Å². The Labute approximate surface area is 190 Å². The lowest BCUT2D eigenvalue weighted by molar-refractivity contribution is -0.122. The Bertz CT molecular complexity index is 1290. The highest BCUT2D eigenvalue weighted by Gasteiger charge is 2.16.